The van der Waals surface area contributed by atoms with E-state index in [1.807, 2.05) is 44.2 Å². The quantitative estimate of drug-likeness (QED) is 0.185. The van der Waals surface area contributed by atoms with E-state index in [1.54, 1.807) is 0 Å². The Morgan fingerprint density at radius 3 is 1.50 bits per heavy atom. The first-order valence-electron chi connectivity index (χ1n) is 15.4. The number of aldehydes is 1. The van der Waals surface area contributed by atoms with Crippen LogP contribution in [0.5, 0.6) is 0 Å². The summed E-state index contributed by atoms with van der Waals surface area (Å²) in [5.41, 5.74) is 13.9. The van der Waals surface area contributed by atoms with Crippen LogP contribution in [0.25, 0.3) is 33.4 Å². The first kappa shape index (κ1) is 28.9. The second kappa shape index (κ2) is 12.2. The maximum absolute atomic E-state index is 11.1. The highest BCUT2D eigenvalue weighted by Gasteiger charge is 2.35. The van der Waals surface area contributed by atoms with Crippen molar-refractivity contribution in [2.75, 3.05) is 4.90 Å². The molecule has 0 saturated heterocycles. The lowest BCUT2D eigenvalue weighted by atomic mass is 9.82. The third kappa shape index (κ3) is 5.24. The van der Waals surface area contributed by atoms with Crippen molar-refractivity contribution in [3.05, 3.63) is 162 Å². The number of fused-ring (bicyclic) bond motifs is 3. The zero-order chi connectivity index (χ0) is 30.7. The highest BCUT2D eigenvalue weighted by molar-refractivity contribution is 5.86. The van der Waals surface area contributed by atoms with E-state index in [1.165, 1.54) is 33.4 Å². The second-order valence-electron chi connectivity index (χ2n) is 11.4. The molecular formula is C42H37NO. The average Bonchev–Trinajstić information content (AvgIpc) is 3.33. The molecule has 44 heavy (non-hydrogen) atoms. The molecule has 0 atom stereocenters. The lowest BCUT2D eigenvalue weighted by molar-refractivity contribution is 0.112. The molecule has 0 saturated carbocycles. The molecule has 0 amide bonds. The summed E-state index contributed by atoms with van der Waals surface area (Å²) in [7, 11) is 0. The fourth-order valence-electron chi connectivity index (χ4n) is 6.27. The summed E-state index contributed by atoms with van der Waals surface area (Å²) in [4.78, 5) is 13.5. The zero-order valence-corrected chi connectivity index (χ0v) is 25.8. The molecule has 6 aromatic rings. The van der Waals surface area contributed by atoms with Gasteiger partial charge >= 0.3 is 0 Å². The van der Waals surface area contributed by atoms with Gasteiger partial charge in [-0.15, -0.1) is 0 Å². The second-order valence-corrected chi connectivity index (χ2v) is 11.4. The highest BCUT2D eigenvalue weighted by atomic mass is 16.1. The van der Waals surface area contributed by atoms with Gasteiger partial charge in [0.2, 0.25) is 0 Å². The summed E-state index contributed by atoms with van der Waals surface area (Å²) in [6, 6.07) is 51.4. The topological polar surface area (TPSA) is 20.3 Å². The lowest BCUT2D eigenvalue weighted by Gasteiger charge is -2.28. The van der Waals surface area contributed by atoms with Crippen molar-refractivity contribution in [2.45, 2.75) is 33.1 Å². The van der Waals surface area contributed by atoms with Crippen LogP contribution < -0.4 is 4.90 Å². The van der Waals surface area contributed by atoms with E-state index in [2.05, 4.69) is 134 Å². The molecule has 2 nitrogen and oxygen atoms in total. The van der Waals surface area contributed by atoms with E-state index < -0.39 is 0 Å². The summed E-state index contributed by atoms with van der Waals surface area (Å²) in [5, 5.41) is 0. The van der Waals surface area contributed by atoms with E-state index >= 15 is 0 Å². The van der Waals surface area contributed by atoms with Crippen LogP contribution in [0.2, 0.25) is 0 Å². The number of carbonyl (C=O) groups excluding carboxylic acids is 1. The Bertz CT molecular complexity index is 1880. The molecule has 0 unspecified atom stereocenters. The van der Waals surface area contributed by atoms with Gasteiger partial charge in [0.15, 0.2) is 0 Å². The molecule has 0 aliphatic heterocycles. The standard InChI is InChI=1S/C40H31NO.C2H6/c1-40(2)38-11-7-6-10-36(38)37-25-24-35(26-39(37)40)41(33-20-16-31(17-21-33)29-8-4-3-5-9-29)34-22-18-32(19-23-34)30-14-12-28(27-42)13-15-30;1-2/h3-27H,1-2H3;1-2H3. The van der Waals surface area contributed by atoms with Crippen LogP contribution in [0.1, 0.15) is 49.2 Å². The fourth-order valence-corrected chi connectivity index (χ4v) is 6.27. The first-order valence-corrected chi connectivity index (χ1v) is 15.4. The third-order valence-electron chi connectivity index (χ3n) is 8.56. The highest BCUT2D eigenvalue weighted by Crippen LogP contribution is 2.50. The Morgan fingerprint density at radius 1 is 0.477 bits per heavy atom. The molecule has 1 aliphatic carbocycles. The molecule has 7 rings (SSSR count). The smallest absolute Gasteiger partial charge is 0.150 e. The minimum absolute atomic E-state index is 0.0810. The minimum Gasteiger partial charge on any atom is -0.310 e. The molecule has 6 aromatic carbocycles. The summed E-state index contributed by atoms with van der Waals surface area (Å²) in [6.45, 7) is 8.65. The van der Waals surface area contributed by atoms with Crippen molar-refractivity contribution in [1.82, 2.24) is 0 Å². The molecule has 1 aliphatic rings. The van der Waals surface area contributed by atoms with E-state index in [4.69, 9.17) is 0 Å². The van der Waals surface area contributed by atoms with Gasteiger partial charge in [-0.2, -0.15) is 0 Å². The zero-order valence-electron chi connectivity index (χ0n) is 25.8. The third-order valence-corrected chi connectivity index (χ3v) is 8.56. The maximum atomic E-state index is 11.1. The molecule has 0 bridgehead atoms. The van der Waals surface area contributed by atoms with Crippen molar-refractivity contribution in [1.29, 1.82) is 0 Å². The number of anilines is 3. The first-order chi connectivity index (χ1) is 21.5. The van der Waals surface area contributed by atoms with E-state index in [-0.39, 0.29) is 5.41 Å². The summed E-state index contributed by atoms with van der Waals surface area (Å²) in [5.74, 6) is 0. The van der Waals surface area contributed by atoms with E-state index in [0.29, 0.717) is 5.56 Å². The molecular weight excluding hydrogens is 534 g/mol. The summed E-state index contributed by atoms with van der Waals surface area (Å²) < 4.78 is 0. The predicted octanol–water partition coefficient (Wildman–Crippen LogP) is 11.6. The van der Waals surface area contributed by atoms with Crippen molar-refractivity contribution in [3.63, 3.8) is 0 Å². The predicted molar refractivity (Wildman–Crippen MR) is 186 cm³/mol. The van der Waals surface area contributed by atoms with Gasteiger partial charge in [-0.05, 0) is 80.9 Å². The van der Waals surface area contributed by atoms with Crippen LogP contribution in [0.4, 0.5) is 17.1 Å². The van der Waals surface area contributed by atoms with Gasteiger partial charge in [0.25, 0.3) is 0 Å². The van der Waals surface area contributed by atoms with Gasteiger partial charge < -0.3 is 4.90 Å². The lowest BCUT2D eigenvalue weighted by Crippen LogP contribution is -2.16. The van der Waals surface area contributed by atoms with Crippen LogP contribution in [0.3, 0.4) is 0 Å². The summed E-state index contributed by atoms with van der Waals surface area (Å²) in [6.07, 6.45) is 0.879. The van der Waals surface area contributed by atoms with Gasteiger partial charge in [0, 0.05) is 28.0 Å². The molecule has 0 radical (unpaired) electrons. The SMILES string of the molecule is CC.CC1(C)c2ccccc2-c2ccc(N(c3ccc(-c4ccccc4)cc3)c3ccc(-c4ccc(C=O)cc4)cc3)cc21. The molecule has 0 N–H and O–H groups in total. The number of benzene rings is 6. The van der Waals surface area contributed by atoms with Gasteiger partial charge in [0.05, 0.1) is 0 Å². The van der Waals surface area contributed by atoms with Gasteiger partial charge in [-0.1, -0.05) is 137 Å². The number of rotatable bonds is 6. The maximum Gasteiger partial charge on any atom is 0.150 e. The van der Waals surface area contributed by atoms with E-state index in [9.17, 15) is 4.79 Å². The molecule has 2 heteroatoms. The molecule has 0 heterocycles. The Kier molecular flexibility index (Phi) is 8.00. The number of hydrogen-bond acceptors (Lipinski definition) is 2. The largest absolute Gasteiger partial charge is 0.310 e. The summed E-state index contributed by atoms with van der Waals surface area (Å²) >= 11 is 0. The Morgan fingerprint density at radius 2 is 0.932 bits per heavy atom. The molecule has 216 valence electrons. The Hall–Kier alpha value is -5.21. The minimum atomic E-state index is -0.0810. The molecule has 0 aromatic heterocycles. The van der Waals surface area contributed by atoms with Crippen molar-refractivity contribution >= 4 is 23.3 Å². The molecule has 0 spiro atoms. The van der Waals surface area contributed by atoms with E-state index in [0.717, 1.165) is 34.5 Å². The number of hydrogen-bond donors (Lipinski definition) is 0. The van der Waals surface area contributed by atoms with Crippen molar-refractivity contribution < 1.29 is 4.79 Å². The van der Waals surface area contributed by atoms with Gasteiger partial charge in [-0.25, -0.2) is 0 Å². The van der Waals surface area contributed by atoms with Crippen molar-refractivity contribution in [2.24, 2.45) is 0 Å². The van der Waals surface area contributed by atoms with Crippen LogP contribution in [0.15, 0.2) is 146 Å². The van der Waals surface area contributed by atoms with Crippen molar-refractivity contribution in [3.8, 4) is 33.4 Å². The van der Waals surface area contributed by atoms with Crippen LogP contribution >= 0.6 is 0 Å². The normalized spacial score (nSPS) is 12.4. The number of nitrogens with zero attached hydrogens (tertiary/aromatic N) is 1. The molecule has 0 fully saturated rings. The number of carbonyl (C=O) groups is 1. The van der Waals surface area contributed by atoms with Crippen LogP contribution in [0, 0.1) is 0 Å². The monoisotopic (exact) mass is 571 g/mol. The average molecular weight is 572 g/mol. The van der Waals surface area contributed by atoms with Gasteiger partial charge in [-0.3, -0.25) is 4.79 Å². The van der Waals surface area contributed by atoms with Crippen LogP contribution in [-0.4, -0.2) is 6.29 Å². The van der Waals surface area contributed by atoms with Crippen LogP contribution in [-0.2, 0) is 5.41 Å². The Balaban J connectivity index is 0.00000168. The fraction of sp³-hybridized carbons (Fsp3) is 0.119. The Labute approximate surface area is 261 Å². The van der Waals surface area contributed by atoms with Gasteiger partial charge in [0.1, 0.15) is 6.29 Å².